The molecule has 0 radical (unpaired) electrons. The third-order valence-electron chi connectivity index (χ3n) is 2.40. The van der Waals surface area contributed by atoms with Crippen molar-refractivity contribution in [1.82, 2.24) is 5.32 Å². The molecule has 0 bridgehead atoms. The van der Waals surface area contributed by atoms with Crippen molar-refractivity contribution >= 4 is 17.8 Å². The van der Waals surface area contributed by atoms with E-state index in [1.165, 1.54) is 0 Å². The van der Waals surface area contributed by atoms with Crippen LogP contribution in [-0.2, 0) is 14.4 Å². The molecule has 5 N–H and O–H groups in total. The number of aliphatic carboxylic acids is 2. The molecule has 0 fully saturated rings. The molecule has 0 aromatic heterocycles. The van der Waals surface area contributed by atoms with Crippen molar-refractivity contribution in [2.24, 2.45) is 5.73 Å². The lowest BCUT2D eigenvalue weighted by atomic mass is 10.1. The summed E-state index contributed by atoms with van der Waals surface area (Å²) in [4.78, 5) is 33.1. The van der Waals surface area contributed by atoms with Crippen LogP contribution in [0.25, 0.3) is 0 Å². The van der Waals surface area contributed by atoms with Crippen LogP contribution in [0.1, 0.15) is 18.0 Å². The summed E-state index contributed by atoms with van der Waals surface area (Å²) >= 11 is 0. The van der Waals surface area contributed by atoms with Gasteiger partial charge in [-0.05, 0) is 5.56 Å². The Bertz CT molecular complexity index is 474. The fourth-order valence-corrected chi connectivity index (χ4v) is 1.46. The summed E-state index contributed by atoms with van der Waals surface area (Å²) in [5.74, 6) is -3.30. The Hall–Kier alpha value is -2.41. The van der Waals surface area contributed by atoms with Gasteiger partial charge in [-0.25, -0.2) is 4.79 Å². The Morgan fingerprint density at radius 1 is 1.16 bits per heavy atom. The molecule has 0 saturated carbocycles. The number of carboxylic acids is 2. The number of benzene rings is 1. The number of carbonyl (C=O) groups excluding carboxylic acids is 1. The quantitative estimate of drug-likeness (QED) is 0.560. The van der Waals surface area contributed by atoms with Crippen molar-refractivity contribution in [3.63, 3.8) is 0 Å². The first-order valence-electron chi connectivity index (χ1n) is 5.47. The van der Waals surface area contributed by atoms with E-state index < -0.39 is 36.4 Å². The average Bonchev–Trinajstić information content (AvgIpc) is 2.35. The van der Waals surface area contributed by atoms with Gasteiger partial charge in [0.2, 0.25) is 5.91 Å². The van der Waals surface area contributed by atoms with Crippen molar-refractivity contribution in [2.45, 2.75) is 18.5 Å². The maximum absolute atomic E-state index is 11.6. The molecule has 2 atom stereocenters. The summed E-state index contributed by atoms with van der Waals surface area (Å²) in [6, 6.07) is 5.52. The third-order valence-corrected chi connectivity index (χ3v) is 2.40. The van der Waals surface area contributed by atoms with Crippen LogP contribution < -0.4 is 11.1 Å². The maximum atomic E-state index is 11.6. The van der Waals surface area contributed by atoms with Gasteiger partial charge in [-0.3, -0.25) is 9.59 Å². The van der Waals surface area contributed by atoms with Gasteiger partial charge in [0, 0.05) is 0 Å². The molecule has 0 aliphatic heterocycles. The minimum absolute atomic E-state index is 0.380. The number of carboxylic acid groups (broad SMARTS) is 2. The normalized spacial score (nSPS) is 13.3. The summed E-state index contributed by atoms with van der Waals surface area (Å²) in [5, 5.41) is 19.8. The van der Waals surface area contributed by atoms with E-state index in [9.17, 15) is 14.4 Å². The molecular weight excluding hydrogens is 252 g/mol. The number of amides is 1. The van der Waals surface area contributed by atoms with Crippen LogP contribution in [0.3, 0.4) is 0 Å². The molecule has 1 rings (SSSR count). The number of nitrogens with two attached hydrogens (primary N) is 1. The highest BCUT2D eigenvalue weighted by molar-refractivity contribution is 5.89. The number of nitrogens with one attached hydrogen (secondary N) is 1. The summed E-state index contributed by atoms with van der Waals surface area (Å²) in [6.45, 7) is 0. The van der Waals surface area contributed by atoms with Gasteiger partial charge in [0.15, 0.2) is 6.04 Å². The molecule has 19 heavy (non-hydrogen) atoms. The van der Waals surface area contributed by atoms with Crippen molar-refractivity contribution in [3.8, 4) is 0 Å². The second kappa shape index (κ2) is 6.50. The van der Waals surface area contributed by atoms with Crippen molar-refractivity contribution < 1.29 is 24.6 Å². The topological polar surface area (TPSA) is 130 Å². The zero-order chi connectivity index (χ0) is 14.4. The molecule has 0 aliphatic carbocycles. The van der Waals surface area contributed by atoms with Crippen molar-refractivity contribution in [2.75, 3.05) is 0 Å². The molecule has 1 aromatic rings. The van der Waals surface area contributed by atoms with E-state index in [4.69, 9.17) is 15.9 Å². The monoisotopic (exact) mass is 266 g/mol. The highest BCUT2D eigenvalue weighted by Crippen LogP contribution is 2.12. The zero-order valence-corrected chi connectivity index (χ0v) is 9.95. The molecule has 7 nitrogen and oxygen atoms in total. The summed E-state index contributed by atoms with van der Waals surface area (Å²) in [7, 11) is 0. The van der Waals surface area contributed by atoms with E-state index in [-0.39, 0.29) is 0 Å². The van der Waals surface area contributed by atoms with Crippen LogP contribution in [0.2, 0.25) is 0 Å². The molecular formula is C12H14N2O5. The second-order valence-corrected chi connectivity index (χ2v) is 3.89. The van der Waals surface area contributed by atoms with Crippen LogP contribution in [0, 0.1) is 0 Å². The van der Waals surface area contributed by atoms with Gasteiger partial charge in [0.05, 0.1) is 12.5 Å². The predicted octanol–water partition coefficient (Wildman–Crippen LogP) is -0.269. The molecule has 0 spiro atoms. The minimum Gasteiger partial charge on any atom is -0.481 e. The molecule has 0 saturated heterocycles. The maximum Gasteiger partial charge on any atom is 0.330 e. The Morgan fingerprint density at radius 3 is 2.21 bits per heavy atom. The van der Waals surface area contributed by atoms with E-state index in [1.807, 2.05) is 0 Å². The van der Waals surface area contributed by atoms with Gasteiger partial charge in [0.1, 0.15) is 0 Å². The number of hydrogen-bond acceptors (Lipinski definition) is 4. The van der Waals surface area contributed by atoms with Crippen LogP contribution in [0.15, 0.2) is 30.3 Å². The van der Waals surface area contributed by atoms with Gasteiger partial charge < -0.3 is 21.3 Å². The van der Waals surface area contributed by atoms with Crippen molar-refractivity contribution in [1.29, 1.82) is 0 Å². The van der Waals surface area contributed by atoms with Crippen molar-refractivity contribution in [3.05, 3.63) is 35.9 Å². The first kappa shape index (κ1) is 14.7. The van der Waals surface area contributed by atoms with E-state index >= 15 is 0 Å². The molecule has 102 valence electrons. The first-order chi connectivity index (χ1) is 8.91. The number of rotatable bonds is 6. The highest BCUT2D eigenvalue weighted by atomic mass is 16.4. The number of hydrogen-bond donors (Lipinski definition) is 4. The summed E-state index contributed by atoms with van der Waals surface area (Å²) < 4.78 is 0. The van der Waals surface area contributed by atoms with E-state index in [1.54, 1.807) is 30.3 Å². The van der Waals surface area contributed by atoms with Gasteiger partial charge in [-0.1, -0.05) is 30.3 Å². The van der Waals surface area contributed by atoms with E-state index in [2.05, 4.69) is 5.32 Å². The number of carbonyl (C=O) groups is 3. The summed E-state index contributed by atoms with van der Waals surface area (Å²) in [5.41, 5.74) is 5.74. The van der Waals surface area contributed by atoms with Gasteiger partial charge >= 0.3 is 11.9 Å². The van der Waals surface area contributed by atoms with Gasteiger partial charge in [0.25, 0.3) is 0 Å². The predicted molar refractivity (Wildman–Crippen MR) is 65.2 cm³/mol. The summed E-state index contributed by atoms with van der Waals surface area (Å²) in [6.07, 6.45) is -0.563. The molecule has 0 heterocycles. The van der Waals surface area contributed by atoms with Crippen LogP contribution in [0.5, 0.6) is 0 Å². The third kappa shape index (κ3) is 4.40. The second-order valence-electron chi connectivity index (χ2n) is 3.89. The Morgan fingerprint density at radius 2 is 1.74 bits per heavy atom. The zero-order valence-electron chi connectivity index (χ0n) is 9.95. The Labute approximate surface area is 109 Å². The standard InChI is InChI=1S/C12H14N2O5/c13-8(6-9(15)16)11(17)14-10(12(18)19)7-4-2-1-3-5-7/h1-5,8,10H,6,13H2,(H,14,17)(H,15,16)(H,18,19)/t8-,10-/m0/s1. The van der Waals surface area contributed by atoms with Crippen LogP contribution in [0.4, 0.5) is 0 Å². The van der Waals surface area contributed by atoms with Crippen LogP contribution in [-0.4, -0.2) is 34.1 Å². The minimum atomic E-state index is -1.29. The fraction of sp³-hybridized carbons (Fsp3) is 0.250. The largest absolute Gasteiger partial charge is 0.481 e. The fourth-order valence-electron chi connectivity index (χ4n) is 1.46. The molecule has 0 unspecified atom stereocenters. The highest BCUT2D eigenvalue weighted by Gasteiger charge is 2.25. The molecule has 7 heteroatoms. The Balaban J connectivity index is 2.78. The Kier molecular flexibility index (Phi) is 5.01. The molecule has 1 aromatic carbocycles. The lowest BCUT2D eigenvalue weighted by molar-refractivity contribution is -0.142. The smallest absolute Gasteiger partial charge is 0.330 e. The van der Waals surface area contributed by atoms with E-state index in [0.29, 0.717) is 5.56 Å². The molecule has 0 aliphatic rings. The lowest BCUT2D eigenvalue weighted by Gasteiger charge is -2.17. The lowest BCUT2D eigenvalue weighted by Crippen LogP contribution is -2.45. The average molecular weight is 266 g/mol. The van der Waals surface area contributed by atoms with Gasteiger partial charge in [-0.15, -0.1) is 0 Å². The molecule has 1 amide bonds. The van der Waals surface area contributed by atoms with Crippen LogP contribution >= 0.6 is 0 Å². The SMILES string of the molecule is N[C@@H](CC(=O)O)C(=O)N[C@H](C(=O)O)c1ccccc1. The van der Waals surface area contributed by atoms with Gasteiger partial charge in [-0.2, -0.15) is 0 Å². The van der Waals surface area contributed by atoms with E-state index in [0.717, 1.165) is 0 Å². The first-order valence-corrected chi connectivity index (χ1v) is 5.47.